The van der Waals surface area contributed by atoms with E-state index in [9.17, 15) is 9.59 Å². The van der Waals surface area contributed by atoms with Crippen molar-refractivity contribution in [3.63, 3.8) is 0 Å². The van der Waals surface area contributed by atoms with Gasteiger partial charge in [-0.25, -0.2) is 0 Å². The molecule has 6 heteroatoms. The molecule has 0 aliphatic carbocycles. The molecule has 21 heavy (non-hydrogen) atoms. The van der Waals surface area contributed by atoms with Gasteiger partial charge >= 0.3 is 0 Å². The van der Waals surface area contributed by atoms with Crippen molar-refractivity contribution < 1.29 is 14.3 Å². The highest BCUT2D eigenvalue weighted by Gasteiger charge is 2.11. The zero-order chi connectivity index (χ0) is 15.2. The SMILES string of the molecule is COc1cc(C=O)cc(Br)c1OCCn1ccccc1=O. The van der Waals surface area contributed by atoms with Gasteiger partial charge in [0.05, 0.1) is 18.1 Å². The van der Waals surface area contributed by atoms with E-state index in [1.54, 1.807) is 35.0 Å². The number of carbonyl (C=O) groups is 1. The van der Waals surface area contributed by atoms with E-state index in [0.29, 0.717) is 34.7 Å². The van der Waals surface area contributed by atoms with Gasteiger partial charge in [-0.3, -0.25) is 9.59 Å². The van der Waals surface area contributed by atoms with Crippen LogP contribution in [0.4, 0.5) is 0 Å². The number of ether oxygens (including phenoxy) is 2. The van der Waals surface area contributed by atoms with Gasteiger partial charge < -0.3 is 14.0 Å². The second-order valence-corrected chi connectivity index (χ2v) is 5.09. The molecule has 0 spiro atoms. The standard InChI is InChI=1S/C15H14BrNO4/c1-20-13-9-11(10-18)8-12(16)15(13)21-7-6-17-5-3-2-4-14(17)19/h2-5,8-10H,6-7H2,1H3. The Hall–Kier alpha value is -2.08. The average molecular weight is 352 g/mol. The van der Waals surface area contributed by atoms with Gasteiger partial charge in [0, 0.05) is 17.8 Å². The summed E-state index contributed by atoms with van der Waals surface area (Å²) in [6.45, 7) is 0.726. The highest BCUT2D eigenvalue weighted by Crippen LogP contribution is 2.36. The molecular weight excluding hydrogens is 338 g/mol. The van der Waals surface area contributed by atoms with Gasteiger partial charge in [-0.1, -0.05) is 6.07 Å². The average Bonchev–Trinajstić information content (AvgIpc) is 2.50. The molecule has 0 aliphatic rings. The van der Waals surface area contributed by atoms with Crippen molar-refractivity contribution >= 4 is 22.2 Å². The molecule has 0 saturated heterocycles. The molecule has 110 valence electrons. The number of rotatable bonds is 6. The summed E-state index contributed by atoms with van der Waals surface area (Å²) in [5.74, 6) is 0.971. The first kappa shape index (κ1) is 15.3. The van der Waals surface area contributed by atoms with Crippen LogP contribution in [0.15, 0.2) is 45.8 Å². The number of carbonyl (C=O) groups excluding carboxylic acids is 1. The van der Waals surface area contributed by atoms with E-state index in [1.165, 1.54) is 13.2 Å². The third-order valence-corrected chi connectivity index (χ3v) is 3.45. The van der Waals surface area contributed by atoms with Gasteiger partial charge in [-0.05, 0) is 34.1 Å². The molecule has 1 heterocycles. The third kappa shape index (κ3) is 3.72. The molecule has 5 nitrogen and oxygen atoms in total. The summed E-state index contributed by atoms with van der Waals surface area (Å²) >= 11 is 3.35. The summed E-state index contributed by atoms with van der Waals surface area (Å²) < 4.78 is 13.1. The Kier molecular flexibility index (Phi) is 5.16. The van der Waals surface area contributed by atoms with Crippen molar-refractivity contribution in [3.05, 3.63) is 56.9 Å². The Morgan fingerprint density at radius 1 is 1.33 bits per heavy atom. The van der Waals surface area contributed by atoms with Crippen LogP contribution in [0.5, 0.6) is 11.5 Å². The van der Waals surface area contributed by atoms with Crippen LogP contribution in [0.2, 0.25) is 0 Å². The smallest absolute Gasteiger partial charge is 0.250 e. The van der Waals surface area contributed by atoms with E-state index in [1.807, 2.05) is 0 Å². The lowest BCUT2D eigenvalue weighted by atomic mass is 10.2. The first-order valence-electron chi connectivity index (χ1n) is 6.26. The molecule has 0 radical (unpaired) electrons. The maximum absolute atomic E-state index is 11.6. The Morgan fingerprint density at radius 3 is 2.81 bits per heavy atom. The first-order valence-corrected chi connectivity index (χ1v) is 7.06. The van der Waals surface area contributed by atoms with E-state index >= 15 is 0 Å². The van der Waals surface area contributed by atoms with E-state index < -0.39 is 0 Å². The lowest BCUT2D eigenvalue weighted by Gasteiger charge is -2.13. The highest BCUT2D eigenvalue weighted by atomic mass is 79.9. The lowest BCUT2D eigenvalue weighted by molar-refractivity contribution is 0.112. The summed E-state index contributed by atoms with van der Waals surface area (Å²) in [6.07, 6.45) is 2.44. The highest BCUT2D eigenvalue weighted by molar-refractivity contribution is 9.10. The van der Waals surface area contributed by atoms with Gasteiger partial charge in [0.25, 0.3) is 5.56 Å². The van der Waals surface area contributed by atoms with Crippen LogP contribution in [-0.4, -0.2) is 24.6 Å². The summed E-state index contributed by atoms with van der Waals surface area (Å²) in [5, 5.41) is 0. The Balaban J connectivity index is 2.11. The molecule has 0 aliphatic heterocycles. The second-order valence-electron chi connectivity index (χ2n) is 4.23. The predicted octanol–water partition coefficient (Wildman–Crippen LogP) is 2.51. The van der Waals surface area contributed by atoms with Crippen molar-refractivity contribution in [2.45, 2.75) is 6.54 Å². The normalized spacial score (nSPS) is 10.2. The maximum atomic E-state index is 11.6. The number of nitrogens with zero attached hydrogens (tertiary/aromatic N) is 1. The fraction of sp³-hybridized carbons (Fsp3) is 0.200. The van der Waals surface area contributed by atoms with Crippen LogP contribution in [-0.2, 0) is 6.54 Å². The number of aldehydes is 1. The van der Waals surface area contributed by atoms with Crippen LogP contribution in [0.25, 0.3) is 0 Å². The molecule has 0 bridgehead atoms. The zero-order valence-corrected chi connectivity index (χ0v) is 13.0. The summed E-state index contributed by atoms with van der Waals surface area (Å²) in [7, 11) is 1.50. The number of pyridine rings is 1. The van der Waals surface area contributed by atoms with Gasteiger partial charge in [-0.2, -0.15) is 0 Å². The second kappa shape index (κ2) is 7.08. The minimum absolute atomic E-state index is 0.0802. The van der Waals surface area contributed by atoms with Crippen LogP contribution in [0.1, 0.15) is 10.4 Å². The third-order valence-electron chi connectivity index (χ3n) is 2.87. The van der Waals surface area contributed by atoms with E-state index in [-0.39, 0.29) is 5.56 Å². The van der Waals surface area contributed by atoms with Crippen LogP contribution >= 0.6 is 15.9 Å². The molecule has 0 unspecified atom stereocenters. The van der Waals surface area contributed by atoms with E-state index in [2.05, 4.69) is 15.9 Å². The fourth-order valence-corrected chi connectivity index (χ4v) is 2.41. The molecule has 2 rings (SSSR count). The minimum atomic E-state index is -0.0802. The van der Waals surface area contributed by atoms with Gasteiger partial charge in [0.1, 0.15) is 12.9 Å². The predicted molar refractivity (Wildman–Crippen MR) is 82.3 cm³/mol. The summed E-state index contributed by atoms with van der Waals surface area (Å²) in [6, 6.07) is 8.23. The molecule has 2 aromatic rings. The fourth-order valence-electron chi connectivity index (χ4n) is 1.84. The van der Waals surface area contributed by atoms with Crippen LogP contribution in [0.3, 0.4) is 0 Å². The lowest BCUT2D eigenvalue weighted by Crippen LogP contribution is -2.21. The topological polar surface area (TPSA) is 57.5 Å². The molecule has 1 aromatic carbocycles. The number of hydrogen-bond donors (Lipinski definition) is 0. The molecule has 0 saturated carbocycles. The quantitative estimate of drug-likeness (QED) is 0.750. The largest absolute Gasteiger partial charge is 0.493 e. The van der Waals surface area contributed by atoms with Crippen LogP contribution < -0.4 is 15.0 Å². The monoisotopic (exact) mass is 351 g/mol. The molecule has 0 atom stereocenters. The Bertz CT molecular complexity index is 696. The summed E-state index contributed by atoms with van der Waals surface area (Å²) in [4.78, 5) is 22.4. The number of aromatic nitrogens is 1. The van der Waals surface area contributed by atoms with E-state index in [0.717, 1.165) is 6.29 Å². The molecule has 1 aromatic heterocycles. The Labute approximate surface area is 130 Å². The Morgan fingerprint density at radius 2 is 2.14 bits per heavy atom. The number of hydrogen-bond acceptors (Lipinski definition) is 4. The molecule has 0 fully saturated rings. The van der Waals surface area contributed by atoms with E-state index in [4.69, 9.17) is 9.47 Å². The van der Waals surface area contributed by atoms with Crippen molar-refractivity contribution in [1.29, 1.82) is 0 Å². The van der Waals surface area contributed by atoms with Crippen molar-refractivity contribution in [1.82, 2.24) is 4.57 Å². The van der Waals surface area contributed by atoms with Gasteiger partial charge in [-0.15, -0.1) is 0 Å². The van der Waals surface area contributed by atoms with Crippen LogP contribution in [0, 0.1) is 0 Å². The maximum Gasteiger partial charge on any atom is 0.250 e. The van der Waals surface area contributed by atoms with Gasteiger partial charge in [0.2, 0.25) is 0 Å². The van der Waals surface area contributed by atoms with Crippen molar-refractivity contribution in [3.8, 4) is 11.5 Å². The summed E-state index contributed by atoms with van der Waals surface area (Å²) in [5.41, 5.74) is 0.411. The van der Waals surface area contributed by atoms with Crippen molar-refractivity contribution in [2.24, 2.45) is 0 Å². The van der Waals surface area contributed by atoms with Gasteiger partial charge in [0.15, 0.2) is 11.5 Å². The number of benzene rings is 1. The molecule has 0 amide bonds. The first-order chi connectivity index (χ1) is 10.2. The minimum Gasteiger partial charge on any atom is -0.493 e. The van der Waals surface area contributed by atoms with Crippen molar-refractivity contribution in [2.75, 3.05) is 13.7 Å². The molecular formula is C15H14BrNO4. The molecule has 0 N–H and O–H groups in total. The number of methoxy groups -OCH3 is 1. The number of halogens is 1. The zero-order valence-electron chi connectivity index (χ0n) is 11.4.